The van der Waals surface area contributed by atoms with E-state index in [1.54, 1.807) is 10.8 Å². The van der Waals surface area contributed by atoms with Gasteiger partial charge in [0.25, 0.3) is 0 Å². The summed E-state index contributed by atoms with van der Waals surface area (Å²) in [5.74, 6) is 1.04. The zero-order chi connectivity index (χ0) is 9.10. The number of rotatable bonds is 3. The van der Waals surface area contributed by atoms with Crippen molar-refractivity contribution in [1.29, 1.82) is 0 Å². The zero-order valence-electron chi connectivity index (χ0n) is 7.30. The van der Waals surface area contributed by atoms with Crippen molar-refractivity contribution in [3.8, 4) is 0 Å². The Morgan fingerprint density at radius 2 is 2.46 bits per heavy atom. The van der Waals surface area contributed by atoms with Crippen molar-refractivity contribution < 1.29 is 0 Å². The Morgan fingerprint density at radius 1 is 1.54 bits per heavy atom. The normalized spacial score (nSPS) is 10.8. The van der Waals surface area contributed by atoms with E-state index in [2.05, 4.69) is 27.8 Å². The first-order chi connectivity index (χ1) is 6.42. The van der Waals surface area contributed by atoms with Gasteiger partial charge in [-0.25, -0.2) is 4.98 Å². The highest BCUT2D eigenvalue weighted by Crippen LogP contribution is 2.24. The van der Waals surface area contributed by atoms with Crippen molar-refractivity contribution in [2.45, 2.75) is 5.75 Å². The van der Waals surface area contributed by atoms with Crippen LogP contribution in [0.5, 0.6) is 0 Å². The van der Waals surface area contributed by atoms with Gasteiger partial charge in [0.05, 0.1) is 18.0 Å². The van der Waals surface area contributed by atoms with Crippen LogP contribution >= 0.6 is 21.6 Å². The van der Waals surface area contributed by atoms with Gasteiger partial charge in [0.1, 0.15) is 0 Å². The van der Waals surface area contributed by atoms with Gasteiger partial charge in [-0.2, -0.15) is 0 Å². The molecule has 0 aromatic carbocycles. The maximum Gasteiger partial charge on any atom is 0.0992 e. The number of hydrogen-bond acceptors (Lipinski definition) is 3. The van der Waals surface area contributed by atoms with Gasteiger partial charge in [0, 0.05) is 11.9 Å². The van der Waals surface area contributed by atoms with Gasteiger partial charge in [0.2, 0.25) is 0 Å². The number of aromatic nitrogens is 2. The minimum Gasteiger partial charge on any atom is -0.306 e. The van der Waals surface area contributed by atoms with E-state index in [1.165, 1.54) is 11.1 Å². The van der Waals surface area contributed by atoms with Crippen LogP contribution in [0, 0.1) is 0 Å². The molecule has 2 aromatic heterocycles. The van der Waals surface area contributed by atoms with Crippen molar-refractivity contribution in [2.75, 3.05) is 6.26 Å². The van der Waals surface area contributed by atoms with Crippen LogP contribution < -0.4 is 0 Å². The van der Waals surface area contributed by atoms with Crippen LogP contribution in [0.3, 0.4) is 0 Å². The average Bonchev–Trinajstić information content (AvgIpc) is 2.62. The summed E-state index contributed by atoms with van der Waals surface area (Å²) in [6, 6.07) is 4.21. The van der Waals surface area contributed by atoms with Crippen LogP contribution in [0.15, 0.2) is 30.9 Å². The minimum absolute atomic E-state index is 1.04. The Morgan fingerprint density at radius 3 is 3.31 bits per heavy atom. The summed E-state index contributed by atoms with van der Waals surface area (Å²) in [6.07, 6.45) is 7.87. The van der Waals surface area contributed by atoms with Crippen molar-refractivity contribution >= 4 is 27.1 Å². The molecule has 13 heavy (non-hydrogen) atoms. The fraction of sp³-hybridized carbons (Fsp3) is 0.222. The predicted molar refractivity (Wildman–Crippen MR) is 60.0 cm³/mol. The molecule has 68 valence electrons. The molecule has 0 aliphatic carbocycles. The Kier molecular flexibility index (Phi) is 2.80. The summed E-state index contributed by atoms with van der Waals surface area (Å²) in [5, 5.41) is 0. The lowest BCUT2D eigenvalue weighted by Crippen LogP contribution is -1.86. The number of imidazole rings is 1. The molecule has 0 radical (unpaired) electrons. The number of pyridine rings is 1. The van der Waals surface area contributed by atoms with Crippen LogP contribution in [0.25, 0.3) is 5.52 Å². The van der Waals surface area contributed by atoms with E-state index in [0.717, 1.165) is 5.75 Å². The molecular formula is C9H10N2S2. The average molecular weight is 210 g/mol. The van der Waals surface area contributed by atoms with Gasteiger partial charge in [-0.15, -0.1) is 0 Å². The fourth-order valence-electron chi connectivity index (χ4n) is 1.25. The first-order valence-electron chi connectivity index (χ1n) is 3.97. The Hall–Kier alpha value is -0.610. The molecule has 0 bridgehead atoms. The quantitative estimate of drug-likeness (QED) is 0.725. The van der Waals surface area contributed by atoms with Crippen LogP contribution in [-0.2, 0) is 5.75 Å². The molecule has 2 nitrogen and oxygen atoms in total. The van der Waals surface area contributed by atoms with E-state index in [1.807, 2.05) is 29.5 Å². The lowest BCUT2D eigenvalue weighted by Gasteiger charge is -2.01. The van der Waals surface area contributed by atoms with Crippen LogP contribution in [0.1, 0.15) is 5.56 Å². The summed E-state index contributed by atoms with van der Waals surface area (Å²) in [5.41, 5.74) is 2.56. The van der Waals surface area contributed by atoms with Gasteiger partial charge in [0.15, 0.2) is 0 Å². The highest BCUT2D eigenvalue weighted by molar-refractivity contribution is 8.76. The third-order valence-electron chi connectivity index (χ3n) is 1.87. The van der Waals surface area contributed by atoms with Crippen LogP contribution in [0.2, 0.25) is 0 Å². The Balaban J connectivity index is 2.37. The van der Waals surface area contributed by atoms with Gasteiger partial charge >= 0.3 is 0 Å². The smallest absolute Gasteiger partial charge is 0.0992 e. The lowest BCUT2D eigenvalue weighted by atomic mass is 10.3. The van der Waals surface area contributed by atoms with Crippen molar-refractivity contribution in [3.63, 3.8) is 0 Å². The molecule has 0 atom stereocenters. The second kappa shape index (κ2) is 4.07. The molecule has 0 saturated heterocycles. The number of fused-ring (bicyclic) bond motifs is 1. The van der Waals surface area contributed by atoms with Crippen LogP contribution in [0.4, 0.5) is 0 Å². The predicted octanol–water partition coefficient (Wildman–Crippen LogP) is 2.85. The molecule has 0 saturated carbocycles. The molecule has 2 heterocycles. The lowest BCUT2D eigenvalue weighted by molar-refractivity contribution is 1.14. The SMILES string of the molecule is CSSCc1cccn2cncc12. The first kappa shape index (κ1) is 8.97. The Bertz CT molecular complexity index is 397. The first-order valence-corrected chi connectivity index (χ1v) is 6.69. The molecule has 0 aliphatic heterocycles. The topological polar surface area (TPSA) is 17.3 Å². The summed E-state index contributed by atoms with van der Waals surface area (Å²) in [7, 11) is 3.65. The highest BCUT2D eigenvalue weighted by Gasteiger charge is 2.00. The van der Waals surface area contributed by atoms with E-state index in [-0.39, 0.29) is 0 Å². The summed E-state index contributed by atoms with van der Waals surface area (Å²) < 4.78 is 2.05. The molecule has 0 unspecified atom stereocenters. The van der Waals surface area contributed by atoms with E-state index in [4.69, 9.17) is 0 Å². The summed E-state index contributed by atoms with van der Waals surface area (Å²) in [6.45, 7) is 0. The van der Waals surface area contributed by atoms with E-state index >= 15 is 0 Å². The molecule has 0 N–H and O–H groups in total. The van der Waals surface area contributed by atoms with Crippen molar-refractivity contribution in [3.05, 3.63) is 36.4 Å². The zero-order valence-corrected chi connectivity index (χ0v) is 8.94. The molecule has 0 amide bonds. The molecule has 0 spiro atoms. The highest BCUT2D eigenvalue weighted by atomic mass is 33.1. The fourth-order valence-corrected chi connectivity index (χ4v) is 2.48. The Labute approximate surface area is 85.1 Å². The van der Waals surface area contributed by atoms with Gasteiger partial charge in [-0.1, -0.05) is 27.7 Å². The summed E-state index contributed by atoms with van der Waals surface area (Å²) in [4.78, 5) is 4.12. The number of hydrogen-bond donors (Lipinski definition) is 0. The summed E-state index contributed by atoms with van der Waals surface area (Å²) >= 11 is 0. The van der Waals surface area contributed by atoms with Gasteiger partial charge < -0.3 is 4.40 Å². The van der Waals surface area contributed by atoms with Gasteiger partial charge in [-0.3, -0.25) is 0 Å². The third kappa shape index (κ3) is 1.84. The molecule has 2 rings (SSSR count). The maximum absolute atomic E-state index is 4.12. The van der Waals surface area contributed by atoms with Crippen molar-refractivity contribution in [2.24, 2.45) is 0 Å². The van der Waals surface area contributed by atoms with Gasteiger partial charge in [-0.05, 0) is 17.9 Å². The third-order valence-corrected chi connectivity index (χ3v) is 3.60. The molecule has 0 fully saturated rings. The van der Waals surface area contributed by atoms with Crippen LogP contribution in [-0.4, -0.2) is 15.6 Å². The second-order valence-corrected chi connectivity index (χ2v) is 5.21. The minimum atomic E-state index is 1.04. The van der Waals surface area contributed by atoms with Crippen molar-refractivity contribution in [1.82, 2.24) is 9.38 Å². The molecule has 2 aromatic rings. The van der Waals surface area contributed by atoms with E-state index in [9.17, 15) is 0 Å². The van der Waals surface area contributed by atoms with E-state index in [0.29, 0.717) is 0 Å². The molecule has 0 aliphatic rings. The molecular weight excluding hydrogens is 200 g/mol. The second-order valence-electron chi connectivity index (χ2n) is 2.65. The molecule has 4 heteroatoms. The van der Waals surface area contributed by atoms with E-state index < -0.39 is 0 Å². The standard InChI is InChI=1S/C9H10N2S2/c1-12-13-6-8-3-2-4-11-7-10-5-9(8)11/h2-5,7H,6H2,1H3. The largest absolute Gasteiger partial charge is 0.306 e. The number of nitrogens with zero attached hydrogens (tertiary/aromatic N) is 2. The maximum atomic E-state index is 4.12. The monoisotopic (exact) mass is 210 g/mol.